The highest BCUT2D eigenvalue weighted by atomic mass is 32.1. The number of rotatable bonds is 4. The number of aryl methyl sites for hydroxylation is 1. The third-order valence-electron chi connectivity index (χ3n) is 3.94. The molecule has 4 aromatic heterocycles. The summed E-state index contributed by atoms with van der Waals surface area (Å²) in [6.45, 7) is 6.67. The van der Waals surface area contributed by atoms with E-state index in [2.05, 4.69) is 16.5 Å². The summed E-state index contributed by atoms with van der Waals surface area (Å²) in [6, 6.07) is 3.98. The van der Waals surface area contributed by atoms with E-state index in [-0.39, 0.29) is 5.56 Å². The van der Waals surface area contributed by atoms with E-state index in [1.807, 2.05) is 40.4 Å². The van der Waals surface area contributed by atoms with E-state index in [4.69, 9.17) is 12.2 Å². The molecule has 4 rings (SSSR count). The lowest BCUT2D eigenvalue weighted by molar-refractivity contribution is 0.728. The van der Waals surface area contributed by atoms with Crippen LogP contribution in [-0.2, 0) is 13.1 Å². The van der Waals surface area contributed by atoms with Crippen molar-refractivity contribution in [2.24, 2.45) is 0 Å². The maximum absolute atomic E-state index is 12.8. The summed E-state index contributed by atoms with van der Waals surface area (Å²) in [7, 11) is 0. The predicted octanol–water partition coefficient (Wildman–Crippen LogP) is 3.18. The first kappa shape index (κ1) is 15.9. The van der Waals surface area contributed by atoms with Crippen LogP contribution in [0.4, 0.5) is 0 Å². The molecule has 0 aliphatic rings. The van der Waals surface area contributed by atoms with Crippen molar-refractivity contribution in [1.29, 1.82) is 0 Å². The van der Waals surface area contributed by atoms with Gasteiger partial charge in [-0.2, -0.15) is 0 Å². The summed E-state index contributed by atoms with van der Waals surface area (Å²) >= 11 is 6.62. The molecule has 0 aromatic carbocycles. The van der Waals surface area contributed by atoms with E-state index >= 15 is 0 Å². The van der Waals surface area contributed by atoms with Gasteiger partial charge in [0.25, 0.3) is 5.56 Å². The third-order valence-corrected chi connectivity index (χ3v) is 5.36. The zero-order chi connectivity index (χ0) is 17.6. The topological polar surface area (TPSA) is 57.1 Å². The van der Waals surface area contributed by atoms with E-state index < -0.39 is 0 Å². The van der Waals surface area contributed by atoms with Crippen molar-refractivity contribution < 1.29 is 0 Å². The molecule has 0 saturated heterocycles. The van der Waals surface area contributed by atoms with Crippen LogP contribution in [0.25, 0.3) is 16.0 Å². The lowest BCUT2D eigenvalue weighted by atomic mass is 10.3. The minimum absolute atomic E-state index is 0.0999. The summed E-state index contributed by atoms with van der Waals surface area (Å²) in [4.78, 5) is 21.8. The van der Waals surface area contributed by atoms with Crippen molar-refractivity contribution in [1.82, 2.24) is 23.5 Å². The van der Waals surface area contributed by atoms with Gasteiger partial charge in [-0.1, -0.05) is 23.5 Å². The molecule has 4 heterocycles. The van der Waals surface area contributed by atoms with Crippen LogP contribution < -0.4 is 5.56 Å². The summed E-state index contributed by atoms with van der Waals surface area (Å²) in [6.07, 6.45) is 7.25. The largest absolute Gasteiger partial charge is 0.306 e. The maximum atomic E-state index is 12.8. The molecular weight excluding hydrogens is 354 g/mol. The molecule has 0 unspecified atom stereocenters. The zero-order valence-corrected chi connectivity index (χ0v) is 15.2. The van der Waals surface area contributed by atoms with Gasteiger partial charge in [-0.15, -0.1) is 6.58 Å². The molecule has 0 amide bonds. The van der Waals surface area contributed by atoms with Gasteiger partial charge in [-0.25, -0.2) is 9.97 Å². The second-order valence-electron chi connectivity index (χ2n) is 5.80. The molecule has 0 N–H and O–H groups in total. The average molecular weight is 369 g/mol. The Labute approximate surface area is 152 Å². The fourth-order valence-corrected chi connectivity index (χ4v) is 4.10. The monoisotopic (exact) mass is 369 g/mol. The molecule has 0 bridgehead atoms. The van der Waals surface area contributed by atoms with Crippen LogP contribution in [0.1, 0.15) is 11.3 Å². The first-order valence-corrected chi connectivity index (χ1v) is 8.93. The molecule has 0 aliphatic heterocycles. The van der Waals surface area contributed by atoms with E-state index in [1.54, 1.807) is 17.0 Å². The lowest BCUT2D eigenvalue weighted by Gasteiger charge is -2.03. The number of aromatic nitrogens is 5. The van der Waals surface area contributed by atoms with Gasteiger partial charge in [0.2, 0.25) is 0 Å². The number of allylic oxidation sites excluding steroid dienone is 1. The number of fused-ring (bicyclic) bond motifs is 2. The number of thiazole rings is 1. The first-order valence-electron chi connectivity index (χ1n) is 7.71. The molecule has 0 aliphatic carbocycles. The van der Waals surface area contributed by atoms with Gasteiger partial charge in [0, 0.05) is 18.9 Å². The van der Waals surface area contributed by atoms with Crippen LogP contribution in [-0.4, -0.2) is 23.5 Å². The van der Waals surface area contributed by atoms with Crippen LogP contribution in [0, 0.1) is 10.9 Å². The van der Waals surface area contributed by atoms with E-state index in [9.17, 15) is 4.79 Å². The molecule has 4 aromatic rings. The summed E-state index contributed by atoms with van der Waals surface area (Å²) in [5.74, 6) is 0. The van der Waals surface area contributed by atoms with Gasteiger partial charge in [-0.3, -0.25) is 9.36 Å². The quantitative estimate of drug-likeness (QED) is 0.409. The van der Waals surface area contributed by atoms with E-state index in [0.717, 1.165) is 16.9 Å². The molecule has 8 heteroatoms. The minimum atomic E-state index is -0.0999. The fraction of sp³-hybridized carbons (Fsp3) is 0.176. The van der Waals surface area contributed by atoms with E-state index in [0.29, 0.717) is 27.4 Å². The smallest absolute Gasteiger partial charge is 0.273 e. The maximum Gasteiger partial charge on any atom is 0.273 e. The lowest BCUT2D eigenvalue weighted by Crippen LogP contribution is -2.21. The number of pyridine rings is 1. The Balaban J connectivity index is 1.78. The number of hydrogen-bond donors (Lipinski definition) is 0. The van der Waals surface area contributed by atoms with Gasteiger partial charge in [-0.05, 0) is 30.8 Å². The standard InChI is InChI=1S/C17H15N5OS2/c1-3-6-22-15-14(25-17(22)24)16(23)21(10-18-15)9-12-8-20-7-11(2)4-5-13(20)19-12/h3-5,7-8,10H,1,6,9H2,2H3. The highest BCUT2D eigenvalue weighted by Crippen LogP contribution is 2.18. The van der Waals surface area contributed by atoms with Gasteiger partial charge >= 0.3 is 0 Å². The predicted molar refractivity (Wildman–Crippen MR) is 102 cm³/mol. The Morgan fingerprint density at radius 3 is 3.00 bits per heavy atom. The first-order chi connectivity index (χ1) is 12.1. The summed E-state index contributed by atoms with van der Waals surface area (Å²) < 4.78 is 6.54. The molecule has 0 fully saturated rings. The van der Waals surface area contributed by atoms with Crippen LogP contribution in [0.5, 0.6) is 0 Å². The van der Waals surface area contributed by atoms with Crippen molar-refractivity contribution in [2.75, 3.05) is 0 Å². The van der Waals surface area contributed by atoms with Crippen LogP contribution in [0.15, 0.2) is 48.3 Å². The highest BCUT2D eigenvalue weighted by molar-refractivity contribution is 7.73. The molecule has 0 saturated carbocycles. The molecule has 25 heavy (non-hydrogen) atoms. The Morgan fingerprint density at radius 2 is 2.20 bits per heavy atom. The zero-order valence-electron chi connectivity index (χ0n) is 13.5. The number of nitrogens with zero attached hydrogens (tertiary/aromatic N) is 5. The van der Waals surface area contributed by atoms with Crippen molar-refractivity contribution in [3.63, 3.8) is 0 Å². The fourth-order valence-electron chi connectivity index (χ4n) is 2.78. The second kappa shape index (κ2) is 6.05. The van der Waals surface area contributed by atoms with Gasteiger partial charge < -0.3 is 8.97 Å². The van der Waals surface area contributed by atoms with Crippen LogP contribution in [0.2, 0.25) is 0 Å². The van der Waals surface area contributed by atoms with Crippen LogP contribution >= 0.6 is 23.6 Å². The van der Waals surface area contributed by atoms with Crippen molar-refractivity contribution >= 4 is 39.5 Å². The van der Waals surface area contributed by atoms with Crippen molar-refractivity contribution in [2.45, 2.75) is 20.0 Å². The van der Waals surface area contributed by atoms with Crippen molar-refractivity contribution in [3.8, 4) is 0 Å². The molecule has 6 nitrogen and oxygen atoms in total. The van der Waals surface area contributed by atoms with Crippen LogP contribution in [0.3, 0.4) is 0 Å². The molecule has 0 spiro atoms. The Hall–Kier alpha value is -2.58. The Morgan fingerprint density at radius 1 is 1.36 bits per heavy atom. The number of imidazole rings is 1. The normalized spacial score (nSPS) is 11.4. The third kappa shape index (κ3) is 2.73. The average Bonchev–Trinajstić information content (AvgIpc) is 3.12. The summed E-state index contributed by atoms with van der Waals surface area (Å²) in [5.41, 5.74) is 3.33. The SMILES string of the molecule is C=CCn1c(=S)sc2c(=O)n(Cc3cn4cc(C)ccc4n3)cnc21. The second-order valence-corrected chi connectivity index (χ2v) is 7.45. The molecular formula is C17H15N5OS2. The van der Waals surface area contributed by atoms with Gasteiger partial charge in [0.15, 0.2) is 9.60 Å². The Kier molecular flexibility index (Phi) is 3.85. The van der Waals surface area contributed by atoms with Gasteiger partial charge in [0.05, 0.1) is 12.2 Å². The number of hydrogen-bond acceptors (Lipinski definition) is 5. The Bertz CT molecular complexity index is 1230. The van der Waals surface area contributed by atoms with Crippen molar-refractivity contribution in [3.05, 3.63) is 69.1 Å². The molecule has 126 valence electrons. The van der Waals surface area contributed by atoms with E-state index in [1.165, 1.54) is 11.3 Å². The highest BCUT2D eigenvalue weighted by Gasteiger charge is 2.12. The molecule has 0 radical (unpaired) electrons. The summed E-state index contributed by atoms with van der Waals surface area (Å²) in [5, 5.41) is 0. The minimum Gasteiger partial charge on any atom is -0.306 e. The molecule has 0 atom stereocenters. The van der Waals surface area contributed by atoms with Gasteiger partial charge in [0.1, 0.15) is 16.7 Å².